The van der Waals surface area contributed by atoms with Gasteiger partial charge in [-0.05, 0) is 46.9 Å². The molecule has 0 amide bonds. The fourth-order valence-corrected chi connectivity index (χ4v) is 6.93. The zero-order valence-corrected chi connectivity index (χ0v) is 20.9. The van der Waals surface area contributed by atoms with Crippen molar-refractivity contribution >= 4 is 29.1 Å². The van der Waals surface area contributed by atoms with Gasteiger partial charge in [-0.15, -0.1) is 12.6 Å². The number of fused-ring (bicyclic) bond motifs is 5. The van der Waals surface area contributed by atoms with Gasteiger partial charge in [0.2, 0.25) is 11.9 Å². The monoisotopic (exact) mass is 528 g/mol. The Morgan fingerprint density at radius 2 is 1.86 bits per heavy atom. The van der Waals surface area contributed by atoms with Crippen molar-refractivity contribution in [3.05, 3.63) is 87.4 Å². The summed E-state index contributed by atoms with van der Waals surface area (Å²) in [7, 11) is 0. The number of ether oxygens (including phenoxy) is 2. The number of carbonyl (C=O) groups excluding carboxylic acids is 2. The maximum atomic E-state index is 13.6. The van der Waals surface area contributed by atoms with Crippen molar-refractivity contribution in [2.24, 2.45) is 16.7 Å². The van der Waals surface area contributed by atoms with Crippen LogP contribution in [0.25, 0.3) is 5.57 Å². The van der Waals surface area contributed by atoms with Gasteiger partial charge in [0, 0.05) is 28.9 Å². The Labute approximate surface area is 216 Å². The number of alkyl halides is 3. The van der Waals surface area contributed by atoms with Crippen LogP contribution in [0.5, 0.6) is 0 Å². The van der Waals surface area contributed by atoms with Gasteiger partial charge in [-0.3, -0.25) is 9.59 Å². The average Bonchev–Trinajstić information content (AvgIpc) is 3.42. The van der Waals surface area contributed by atoms with E-state index in [2.05, 4.69) is 12.6 Å². The van der Waals surface area contributed by atoms with Crippen LogP contribution in [0.2, 0.25) is 0 Å². The third-order valence-corrected chi connectivity index (χ3v) is 8.81. The fraction of sp³-hybridized carbons (Fsp3) is 0.357. The lowest BCUT2D eigenvalue weighted by Crippen LogP contribution is -2.55. The van der Waals surface area contributed by atoms with E-state index < -0.39 is 33.8 Å². The standard InChI is InChI=1S/C28H23F3O5S/c1-13-7-19-20(32)9-18-16-8-22-24(36-12-35-22)23(16)17(14-3-5-15(6-4-14)28(29,30)31)10-27(18,25(34)37)26(19,2)11-21(13)33/h3-7,9-10,13,21,33H,8,11-12H2,1-2H3,(H,34,37)/t13-,21-,26-,27-/m0/s1. The molecule has 5 nitrogen and oxygen atoms in total. The molecule has 0 spiro atoms. The van der Waals surface area contributed by atoms with Gasteiger partial charge < -0.3 is 14.6 Å². The first-order valence-corrected chi connectivity index (χ1v) is 12.4. The summed E-state index contributed by atoms with van der Waals surface area (Å²) in [5.74, 6) is 0.471. The quantitative estimate of drug-likeness (QED) is 0.510. The molecule has 4 aliphatic carbocycles. The van der Waals surface area contributed by atoms with Gasteiger partial charge >= 0.3 is 6.18 Å². The van der Waals surface area contributed by atoms with Gasteiger partial charge in [0.1, 0.15) is 5.76 Å². The molecule has 1 N–H and O–H groups in total. The number of thiol groups is 1. The van der Waals surface area contributed by atoms with Crippen molar-refractivity contribution in [3.8, 4) is 0 Å². The molecule has 1 aromatic rings. The molecule has 5 aliphatic rings. The van der Waals surface area contributed by atoms with E-state index >= 15 is 0 Å². The van der Waals surface area contributed by atoms with Gasteiger partial charge in [0.05, 0.1) is 17.1 Å². The molecule has 1 aliphatic heterocycles. The second-order valence-electron chi connectivity index (χ2n) is 10.4. The van der Waals surface area contributed by atoms with E-state index in [0.717, 1.165) is 12.1 Å². The van der Waals surface area contributed by atoms with Gasteiger partial charge in [-0.1, -0.05) is 38.1 Å². The molecule has 4 atom stereocenters. The maximum absolute atomic E-state index is 13.6. The van der Waals surface area contributed by atoms with Gasteiger partial charge in [-0.25, -0.2) is 0 Å². The van der Waals surface area contributed by atoms with Crippen LogP contribution in [0.4, 0.5) is 13.2 Å². The molecular formula is C28H23F3O5S. The number of hydrogen-bond donors (Lipinski definition) is 2. The van der Waals surface area contributed by atoms with Gasteiger partial charge in [0.25, 0.3) is 0 Å². The zero-order valence-electron chi connectivity index (χ0n) is 20.0. The Morgan fingerprint density at radius 1 is 1.16 bits per heavy atom. The summed E-state index contributed by atoms with van der Waals surface area (Å²) >= 11 is 4.33. The number of benzene rings is 1. The second-order valence-corrected chi connectivity index (χ2v) is 10.8. The first-order valence-electron chi connectivity index (χ1n) is 11.9. The lowest BCUT2D eigenvalue weighted by Gasteiger charge is -2.55. The Kier molecular flexibility index (Phi) is 5.08. The highest BCUT2D eigenvalue weighted by molar-refractivity contribution is 7.96. The maximum Gasteiger partial charge on any atom is 0.416 e. The van der Waals surface area contributed by atoms with E-state index in [-0.39, 0.29) is 31.3 Å². The van der Waals surface area contributed by atoms with Gasteiger partial charge in [-0.2, -0.15) is 13.2 Å². The number of rotatable bonds is 2. The van der Waals surface area contributed by atoms with Crippen LogP contribution in [0.15, 0.2) is 76.3 Å². The van der Waals surface area contributed by atoms with Crippen LogP contribution in [0.3, 0.4) is 0 Å². The van der Waals surface area contributed by atoms with Crippen LogP contribution in [0, 0.1) is 16.7 Å². The Hall–Kier alpha value is -3.04. The molecule has 1 aromatic carbocycles. The first-order chi connectivity index (χ1) is 17.4. The molecule has 0 fully saturated rings. The molecule has 0 radical (unpaired) electrons. The average molecular weight is 529 g/mol. The number of hydrogen-bond acceptors (Lipinski definition) is 5. The minimum Gasteiger partial charge on any atom is -0.458 e. The highest BCUT2D eigenvalue weighted by Gasteiger charge is 2.63. The number of ketones is 1. The summed E-state index contributed by atoms with van der Waals surface area (Å²) < 4.78 is 51.3. The van der Waals surface area contributed by atoms with E-state index in [1.54, 1.807) is 19.1 Å². The highest BCUT2D eigenvalue weighted by Crippen LogP contribution is 2.66. The van der Waals surface area contributed by atoms with E-state index in [9.17, 15) is 27.9 Å². The molecule has 6 rings (SSSR count). The second kappa shape index (κ2) is 7.74. The lowest BCUT2D eigenvalue weighted by atomic mass is 9.47. The number of allylic oxidation sites excluding steroid dienone is 6. The van der Waals surface area contributed by atoms with Crippen molar-refractivity contribution in [2.45, 2.75) is 39.0 Å². The number of halogens is 3. The van der Waals surface area contributed by atoms with E-state index in [1.165, 1.54) is 18.2 Å². The molecule has 0 saturated heterocycles. The Bertz CT molecular complexity index is 1430. The summed E-state index contributed by atoms with van der Waals surface area (Å²) in [6.07, 6.45) is -0.0221. The number of carbonyl (C=O) groups is 2. The summed E-state index contributed by atoms with van der Waals surface area (Å²) in [4.78, 5) is 27.1. The number of aliphatic hydroxyl groups is 1. The lowest BCUT2D eigenvalue weighted by molar-refractivity contribution is -0.137. The normalized spacial score (nSPS) is 32.4. The molecule has 37 heavy (non-hydrogen) atoms. The van der Waals surface area contributed by atoms with Crippen molar-refractivity contribution in [3.63, 3.8) is 0 Å². The van der Waals surface area contributed by atoms with Gasteiger partial charge in [0.15, 0.2) is 11.5 Å². The minimum absolute atomic E-state index is 0.00500. The molecule has 0 unspecified atom stereocenters. The largest absolute Gasteiger partial charge is 0.458 e. The first kappa shape index (κ1) is 24.3. The predicted molar refractivity (Wildman–Crippen MR) is 131 cm³/mol. The Morgan fingerprint density at radius 3 is 2.51 bits per heavy atom. The van der Waals surface area contributed by atoms with Crippen molar-refractivity contribution in [1.29, 1.82) is 0 Å². The molecule has 0 saturated carbocycles. The minimum atomic E-state index is -4.50. The fourth-order valence-electron chi connectivity index (χ4n) is 6.50. The molecule has 9 heteroatoms. The van der Waals surface area contributed by atoms with Crippen molar-refractivity contribution in [1.82, 2.24) is 0 Å². The topological polar surface area (TPSA) is 72.8 Å². The molecule has 0 aromatic heterocycles. The summed E-state index contributed by atoms with van der Waals surface area (Å²) in [6, 6.07) is 4.72. The molecule has 1 heterocycles. The van der Waals surface area contributed by atoms with Crippen LogP contribution in [0.1, 0.15) is 37.8 Å². The van der Waals surface area contributed by atoms with E-state index in [1.807, 2.05) is 6.92 Å². The van der Waals surface area contributed by atoms with Crippen LogP contribution < -0.4 is 0 Å². The van der Waals surface area contributed by atoms with Crippen LogP contribution >= 0.6 is 12.6 Å². The summed E-state index contributed by atoms with van der Waals surface area (Å²) in [6.45, 7) is 3.59. The SMILES string of the molecule is C[C@H]1C=C2C(=O)C=C3C4=C(C(c5ccc(C(F)(F)F)cc5)=C[C@]3(C(=O)S)[C@@]2(C)C[C@@H]1O)C1=C(C4)OCO1. The zero-order chi connectivity index (χ0) is 26.5. The third kappa shape index (κ3) is 3.16. The van der Waals surface area contributed by atoms with Crippen molar-refractivity contribution in [2.75, 3.05) is 6.79 Å². The van der Waals surface area contributed by atoms with E-state index in [4.69, 9.17) is 9.47 Å². The van der Waals surface area contributed by atoms with Crippen LogP contribution in [-0.4, -0.2) is 28.9 Å². The molecule has 192 valence electrons. The smallest absolute Gasteiger partial charge is 0.416 e. The highest BCUT2D eigenvalue weighted by atomic mass is 32.1. The number of aliphatic hydroxyl groups excluding tert-OH is 1. The molecule has 0 bridgehead atoms. The summed E-state index contributed by atoms with van der Waals surface area (Å²) in [5.41, 5.74) is -0.296. The Balaban J connectivity index is 1.64. The van der Waals surface area contributed by atoms with E-state index in [0.29, 0.717) is 44.9 Å². The molecular weight excluding hydrogens is 505 g/mol. The predicted octanol–water partition coefficient (Wildman–Crippen LogP) is 5.30. The van der Waals surface area contributed by atoms with Crippen molar-refractivity contribution < 1.29 is 37.3 Å². The summed E-state index contributed by atoms with van der Waals surface area (Å²) in [5, 5.41) is 10.3. The van der Waals surface area contributed by atoms with Crippen LogP contribution in [-0.2, 0) is 25.2 Å². The third-order valence-electron chi connectivity index (χ3n) is 8.46.